The summed E-state index contributed by atoms with van der Waals surface area (Å²) in [6.45, 7) is 4.16. The zero-order chi connectivity index (χ0) is 10.8. The summed E-state index contributed by atoms with van der Waals surface area (Å²) in [6, 6.07) is 0. The highest BCUT2D eigenvalue weighted by Gasteiger charge is 1.86. The molecule has 14 heavy (non-hydrogen) atoms. The third kappa shape index (κ3) is 7.34. The van der Waals surface area contributed by atoms with Gasteiger partial charge in [-0.15, -0.1) is 0 Å². The van der Waals surface area contributed by atoms with Crippen LogP contribution in [0.5, 0.6) is 0 Å². The summed E-state index contributed by atoms with van der Waals surface area (Å²) in [5.74, 6) is 0. The fourth-order valence-corrected chi connectivity index (χ4v) is 0.702. The molecule has 0 unspecified atom stereocenters. The first-order chi connectivity index (χ1) is 6.70. The van der Waals surface area contributed by atoms with Crippen LogP contribution in [-0.2, 0) is 0 Å². The van der Waals surface area contributed by atoms with Crippen LogP contribution in [0.1, 0.15) is 26.7 Å². The van der Waals surface area contributed by atoms with Crippen molar-refractivity contribution in [2.24, 2.45) is 10.4 Å². The van der Waals surface area contributed by atoms with Gasteiger partial charge in [-0.25, -0.2) is 0 Å². The van der Waals surface area contributed by atoms with E-state index in [0.717, 1.165) is 12.8 Å². The molecule has 0 aromatic rings. The minimum absolute atomic E-state index is 1.01. The summed E-state index contributed by atoms with van der Waals surface area (Å²) < 4.78 is 0. The van der Waals surface area contributed by atoms with Crippen molar-refractivity contribution in [1.29, 1.82) is 0 Å². The van der Waals surface area contributed by atoms with Crippen LogP contribution in [0.3, 0.4) is 0 Å². The van der Waals surface area contributed by atoms with Crippen LogP contribution in [0, 0.1) is 0 Å². The number of rotatable bonds is 6. The van der Waals surface area contributed by atoms with Crippen LogP contribution < -0.4 is 0 Å². The van der Waals surface area contributed by atoms with Crippen molar-refractivity contribution in [1.82, 2.24) is 10.0 Å². The Morgan fingerprint density at radius 1 is 0.857 bits per heavy atom. The van der Waals surface area contributed by atoms with Gasteiger partial charge < -0.3 is 0 Å². The molecule has 0 aliphatic heterocycles. The maximum absolute atomic E-state index is 3.96. The molecule has 0 fully saturated rings. The topological polar surface area (TPSA) is 31.2 Å². The molecule has 0 atom stereocenters. The zero-order valence-electron chi connectivity index (χ0n) is 9.51. The van der Waals surface area contributed by atoms with E-state index in [9.17, 15) is 0 Å². The lowest BCUT2D eigenvalue weighted by Crippen LogP contribution is -2.05. The molecule has 0 saturated carbocycles. The Bertz CT molecular complexity index is 186. The van der Waals surface area contributed by atoms with Crippen LogP contribution in [0.2, 0.25) is 0 Å². The van der Waals surface area contributed by atoms with E-state index in [4.69, 9.17) is 0 Å². The van der Waals surface area contributed by atoms with Gasteiger partial charge in [-0.3, -0.25) is 10.0 Å². The van der Waals surface area contributed by atoms with Gasteiger partial charge in [-0.2, -0.15) is 0 Å². The number of nitrogens with zero attached hydrogens (tertiary/aromatic N) is 4. The van der Waals surface area contributed by atoms with Crippen LogP contribution in [-0.4, -0.2) is 24.1 Å². The predicted octanol–water partition coefficient (Wildman–Crippen LogP) is 2.98. The summed E-state index contributed by atoms with van der Waals surface area (Å²) in [5.41, 5.74) is 0. The van der Waals surface area contributed by atoms with Crippen molar-refractivity contribution in [3.63, 3.8) is 0 Å². The molecular weight excluding hydrogens is 176 g/mol. The summed E-state index contributed by atoms with van der Waals surface area (Å²) in [4.78, 5) is 0. The van der Waals surface area contributed by atoms with Gasteiger partial charge in [-0.05, 0) is 23.3 Å². The highest BCUT2D eigenvalue weighted by atomic mass is 15.6. The van der Waals surface area contributed by atoms with Crippen molar-refractivity contribution >= 4 is 0 Å². The molecule has 0 spiro atoms. The molecule has 0 aromatic carbocycles. The molecule has 0 bridgehead atoms. The number of hydrogen-bond acceptors (Lipinski definition) is 2. The van der Waals surface area contributed by atoms with Crippen LogP contribution in [0.4, 0.5) is 0 Å². The van der Waals surface area contributed by atoms with Crippen molar-refractivity contribution in [3.05, 3.63) is 24.6 Å². The Hall–Kier alpha value is -1.32. The molecule has 0 radical (unpaired) electrons. The van der Waals surface area contributed by atoms with Crippen molar-refractivity contribution < 1.29 is 0 Å². The van der Waals surface area contributed by atoms with E-state index in [-0.39, 0.29) is 0 Å². The van der Waals surface area contributed by atoms with E-state index in [1.807, 2.05) is 38.6 Å². The van der Waals surface area contributed by atoms with Crippen LogP contribution in [0.15, 0.2) is 35.0 Å². The molecule has 80 valence electrons. The third-order valence-corrected chi connectivity index (χ3v) is 1.44. The summed E-state index contributed by atoms with van der Waals surface area (Å²) in [6.07, 6.45) is 9.85. The van der Waals surface area contributed by atoms with Gasteiger partial charge in [0.1, 0.15) is 0 Å². The predicted molar refractivity (Wildman–Crippen MR) is 59.2 cm³/mol. The van der Waals surface area contributed by atoms with E-state index in [1.165, 1.54) is 0 Å². The Kier molecular flexibility index (Phi) is 7.50. The molecule has 0 aliphatic rings. The van der Waals surface area contributed by atoms with Crippen LogP contribution >= 0.6 is 0 Å². The normalized spacial score (nSPS) is 12.0. The number of hydrogen-bond donors (Lipinski definition) is 0. The molecule has 0 saturated heterocycles. The van der Waals surface area contributed by atoms with Gasteiger partial charge in [0, 0.05) is 26.5 Å². The molecule has 0 amide bonds. The van der Waals surface area contributed by atoms with E-state index in [0.29, 0.717) is 0 Å². The molecule has 0 aromatic heterocycles. The van der Waals surface area contributed by atoms with Gasteiger partial charge >= 0.3 is 0 Å². The molecule has 0 heterocycles. The summed E-state index contributed by atoms with van der Waals surface area (Å²) in [7, 11) is 3.71. The zero-order valence-corrected chi connectivity index (χ0v) is 9.51. The van der Waals surface area contributed by atoms with Gasteiger partial charge in [0.15, 0.2) is 0 Å². The molecular formula is C10H20N4. The average molecular weight is 196 g/mol. The lowest BCUT2D eigenvalue weighted by Gasteiger charge is -2.07. The van der Waals surface area contributed by atoms with Gasteiger partial charge in [0.25, 0.3) is 0 Å². The fraction of sp³-hybridized carbons (Fsp3) is 0.600. The highest BCUT2D eigenvalue weighted by molar-refractivity contribution is 4.78. The lowest BCUT2D eigenvalue weighted by atomic mass is 10.5. The SMILES string of the molecule is CCC=CN(C)/N=N/N(C)C=CCC. The monoisotopic (exact) mass is 196 g/mol. The summed E-state index contributed by atoms with van der Waals surface area (Å²) >= 11 is 0. The van der Waals surface area contributed by atoms with E-state index in [1.54, 1.807) is 10.0 Å². The number of allylic oxidation sites excluding steroid dienone is 2. The fourth-order valence-electron chi connectivity index (χ4n) is 0.702. The van der Waals surface area contributed by atoms with Crippen molar-refractivity contribution in [2.45, 2.75) is 26.7 Å². The Balaban J connectivity index is 3.90. The maximum Gasteiger partial charge on any atom is 0.0314 e. The van der Waals surface area contributed by atoms with E-state index < -0.39 is 0 Å². The Morgan fingerprint density at radius 2 is 1.21 bits per heavy atom. The first-order valence-corrected chi connectivity index (χ1v) is 4.91. The van der Waals surface area contributed by atoms with E-state index >= 15 is 0 Å². The first-order valence-electron chi connectivity index (χ1n) is 4.91. The third-order valence-electron chi connectivity index (χ3n) is 1.44. The minimum atomic E-state index is 1.01. The molecule has 0 N–H and O–H groups in total. The molecule has 0 rings (SSSR count). The second-order valence-electron chi connectivity index (χ2n) is 2.91. The molecule has 4 nitrogen and oxygen atoms in total. The lowest BCUT2D eigenvalue weighted by molar-refractivity contribution is 0.355. The quantitative estimate of drug-likeness (QED) is 0.483. The second-order valence-corrected chi connectivity index (χ2v) is 2.91. The smallest absolute Gasteiger partial charge is 0.0314 e. The van der Waals surface area contributed by atoms with Crippen LogP contribution in [0.25, 0.3) is 0 Å². The van der Waals surface area contributed by atoms with Crippen molar-refractivity contribution in [2.75, 3.05) is 14.1 Å². The Morgan fingerprint density at radius 3 is 1.50 bits per heavy atom. The van der Waals surface area contributed by atoms with Gasteiger partial charge in [-0.1, -0.05) is 26.0 Å². The molecule has 0 aliphatic carbocycles. The largest absolute Gasteiger partial charge is 0.256 e. The average Bonchev–Trinajstić information content (AvgIpc) is 2.20. The maximum atomic E-state index is 3.96. The van der Waals surface area contributed by atoms with Gasteiger partial charge in [0.2, 0.25) is 0 Å². The standard InChI is InChI=1S/C10H20N4/c1-5-7-9-13(3)11-12-14(4)10-8-6-2/h7-10H,5-6H2,1-4H3/b9-7?,10-8?,12-11+. The van der Waals surface area contributed by atoms with Crippen molar-refractivity contribution in [3.8, 4) is 0 Å². The summed E-state index contributed by atoms with van der Waals surface area (Å²) in [5, 5.41) is 11.3. The van der Waals surface area contributed by atoms with E-state index in [2.05, 4.69) is 24.3 Å². The second kappa shape index (κ2) is 8.29. The van der Waals surface area contributed by atoms with Gasteiger partial charge in [0.05, 0.1) is 0 Å². The highest BCUT2D eigenvalue weighted by Crippen LogP contribution is 1.93. The Labute approximate surface area is 86.6 Å². The molecule has 4 heteroatoms. The minimum Gasteiger partial charge on any atom is -0.256 e. The first kappa shape index (κ1) is 12.7.